The fourth-order valence-corrected chi connectivity index (χ4v) is 3.44. The summed E-state index contributed by atoms with van der Waals surface area (Å²) in [5.41, 5.74) is 0.666. The van der Waals surface area contributed by atoms with Gasteiger partial charge in [-0.25, -0.2) is 0 Å². The van der Waals surface area contributed by atoms with Gasteiger partial charge in [0.15, 0.2) is 0 Å². The summed E-state index contributed by atoms with van der Waals surface area (Å²) in [5, 5.41) is 0.588. The molecule has 1 saturated carbocycles. The van der Waals surface area contributed by atoms with E-state index in [4.69, 9.17) is 25.8 Å². The molecule has 4 nitrogen and oxygen atoms in total. The Bertz CT molecular complexity index is 524. The van der Waals surface area contributed by atoms with Crippen LogP contribution >= 0.6 is 11.6 Å². The highest BCUT2D eigenvalue weighted by atomic mass is 35.5. The summed E-state index contributed by atoms with van der Waals surface area (Å²) < 4.78 is 15.8. The third kappa shape index (κ3) is 4.61. The number of carbonyl (C=O) groups is 1. The molecule has 1 fully saturated rings. The first-order chi connectivity index (χ1) is 11.1. The highest BCUT2D eigenvalue weighted by molar-refractivity contribution is 6.32. The third-order valence-electron chi connectivity index (χ3n) is 4.47. The summed E-state index contributed by atoms with van der Waals surface area (Å²) in [6.07, 6.45) is 5.39. The van der Waals surface area contributed by atoms with Gasteiger partial charge >= 0.3 is 5.97 Å². The molecule has 0 aliphatic heterocycles. The molecule has 1 aliphatic carbocycles. The molecule has 23 heavy (non-hydrogen) atoms. The van der Waals surface area contributed by atoms with Crippen molar-refractivity contribution in [3.8, 4) is 5.75 Å². The maximum Gasteiger partial charge on any atom is 0.312 e. The molecular weight excluding hydrogens is 316 g/mol. The van der Waals surface area contributed by atoms with Crippen LogP contribution in [0.3, 0.4) is 0 Å². The predicted octanol–water partition coefficient (Wildman–Crippen LogP) is 4.03. The topological polar surface area (TPSA) is 44.8 Å². The maximum atomic E-state index is 12.2. The Morgan fingerprint density at radius 2 is 1.96 bits per heavy atom. The molecule has 0 saturated heterocycles. The number of benzene rings is 1. The molecule has 1 aliphatic rings. The molecule has 128 valence electrons. The Morgan fingerprint density at radius 3 is 2.61 bits per heavy atom. The molecule has 1 aromatic rings. The molecule has 0 radical (unpaired) electrons. The number of halogens is 1. The van der Waals surface area contributed by atoms with Crippen LogP contribution < -0.4 is 4.74 Å². The van der Waals surface area contributed by atoms with E-state index in [1.807, 2.05) is 18.2 Å². The zero-order valence-electron chi connectivity index (χ0n) is 13.9. The van der Waals surface area contributed by atoms with Crippen LogP contribution in [-0.4, -0.2) is 33.4 Å². The Morgan fingerprint density at radius 1 is 1.22 bits per heavy atom. The normalized spacial score (nSPS) is 16.3. The zero-order valence-corrected chi connectivity index (χ0v) is 14.7. The fraction of sp³-hybridized carbons (Fsp3) is 0.611. The zero-order chi connectivity index (χ0) is 16.7. The number of hydrogen-bond acceptors (Lipinski definition) is 4. The summed E-state index contributed by atoms with van der Waals surface area (Å²) in [5.74, 6) is 0.561. The van der Waals surface area contributed by atoms with E-state index in [2.05, 4.69) is 0 Å². The van der Waals surface area contributed by atoms with Gasteiger partial charge in [-0.2, -0.15) is 0 Å². The molecule has 0 bridgehead atoms. The van der Waals surface area contributed by atoms with Crippen molar-refractivity contribution >= 4 is 17.6 Å². The molecule has 0 heterocycles. The Labute approximate surface area is 143 Å². The molecule has 0 N–H and O–H groups in total. The van der Waals surface area contributed by atoms with Gasteiger partial charge in [0.1, 0.15) is 5.75 Å². The van der Waals surface area contributed by atoms with Crippen molar-refractivity contribution < 1.29 is 19.0 Å². The van der Waals surface area contributed by atoms with E-state index in [1.54, 1.807) is 7.11 Å². The van der Waals surface area contributed by atoms with Crippen LogP contribution in [0, 0.1) is 5.41 Å². The van der Waals surface area contributed by atoms with Crippen molar-refractivity contribution in [2.45, 2.75) is 38.5 Å². The van der Waals surface area contributed by atoms with Crippen molar-refractivity contribution in [2.75, 3.05) is 27.4 Å². The minimum Gasteiger partial charge on any atom is -0.492 e. The van der Waals surface area contributed by atoms with Gasteiger partial charge < -0.3 is 14.2 Å². The summed E-state index contributed by atoms with van der Waals surface area (Å²) in [6, 6.07) is 5.74. The highest BCUT2D eigenvalue weighted by Gasteiger charge is 2.42. The van der Waals surface area contributed by atoms with Crippen LogP contribution in [0.25, 0.3) is 0 Å². The van der Waals surface area contributed by atoms with E-state index in [9.17, 15) is 4.79 Å². The van der Waals surface area contributed by atoms with E-state index in [1.165, 1.54) is 7.11 Å². The number of rotatable bonds is 8. The summed E-state index contributed by atoms with van der Waals surface area (Å²) in [6.45, 7) is 1.21. The highest BCUT2D eigenvalue weighted by Crippen LogP contribution is 2.42. The molecule has 1 aromatic carbocycles. The van der Waals surface area contributed by atoms with E-state index in [-0.39, 0.29) is 5.97 Å². The van der Waals surface area contributed by atoms with E-state index >= 15 is 0 Å². The lowest BCUT2D eigenvalue weighted by atomic mass is 9.80. The lowest BCUT2D eigenvalue weighted by Crippen LogP contribution is -2.31. The Kier molecular flexibility index (Phi) is 6.72. The van der Waals surface area contributed by atoms with Gasteiger partial charge in [-0.05, 0) is 37.0 Å². The van der Waals surface area contributed by atoms with E-state index in [0.29, 0.717) is 30.4 Å². The van der Waals surface area contributed by atoms with Gasteiger partial charge in [0, 0.05) is 20.1 Å². The fourth-order valence-electron chi connectivity index (χ4n) is 3.27. The summed E-state index contributed by atoms with van der Waals surface area (Å²) in [7, 11) is 3.13. The molecular formula is C18H25ClO4. The first-order valence-electron chi connectivity index (χ1n) is 8.10. The standard InChI is InChI=1S/C18H25ClO4/c1-21-10-5-11-23-16-12-14(6-7-15(16)19)13-18(17(20)22-2)8-3-4-9-18/h6-7,12H,3-5,8-11,13H2,1-2H3. The average Bonchev–Trinajstić information content (AvgIpc) is 3.03. The van der Waals surface area contributed by atoms with Crippen LogP contribution in [0.4, 0.5) is 0 Å². The lowest BCUT2D eigenvalue weighted by Gasteiger charge is -2.26. The van der Waals surface area contributed by atoms with Gasteiger partial charge in [0.25, 0.3) is 0 Å². The Hall–Kier alpha value is -1.26. The van der Waals surface area contributed by atoms with Crippen molar-refractivity contribution in [2.24, 2.45) is 5.41 Å². The molecule has 0 spiro atoms. The lowest BCUT2D eigenvalue weighted by molar-refractivity contribution is -0.152. The number of ether oxygens (including phenoxy) is 3. The maximum absolute atomic E-state index is 12.2. The summed E-state index contributed by atoms with van der Waals surface area (Å²) >= 11 is 6.20. The number of carbonyl (C=O) groups excluding carboxylic acids is 1. The van der Waals surface area contributed by atoms with Crippen molar-refractivity contribution in [1.29, 1.82) is 0 Å². The largest absolute Gasteiger partial charge is 0.492 e. The number of hydrogen-bond donors (Lipinski definition) is 0. The third-order valence-corrected chi connectivity index (χ3v) is 4.78. The second-order valence-electron chi connectivity index (χ2n) is 6.12. The van der Waals surface area contributed by atoms with Gasteiger partial charge in [-0.1, -0.05) is 30.5 Å². The minimum absolute atomic E-state index is 0.104. The van der Waals surface area contributed by atoms with E-state index < -0.39 is 5.41 Å². The Balaban J connectivity index is 2.08. The second kappa shape index (κ2) is 8.55. The predicted molar refractivity (Wildman–Crippen MR) is 90.1 cm³/mol. The van der Waals surface area contributed by atoms with Crippen LogP contribution in [0.15, 0.2) is 18.2 Å². The van der Waals surface area contributed by atoms with Gasteiger partial charge in [0.05, 0.1) is 24.2 Å². The van der Waals surface area contributed by atoms with Crippen molar-refractivity contribution in [1.82, 2.24) is 0 Å². The molecule has 0 amide bonds. The minimum atomic E-state index is -0.393. The van der Waals surface area contributed by atoms with Crippen LogP contribution in [0.1, 0.15) is 37.7 Å². The SMILES string of the molecule is COCCCOc1cc(CC2(C(=O)OC)CCCC2)ccc1Cl. The molecule has 0 atom stereocenters. The van der Waals surface area contributed by atoms with Crippen LogP contribution in [-0.2, 0) is 20.7 Å². The smallest absolute Gasteiger partial charge is 0.312 e. The van der Waals surface area contributed by atoms with Gasteiger partial charge in [0.2, 0.25) is 0 Å². The molecule has 5 heteroatoms. The molecule has 0 unspecified atom stereocenters. The van der Waals surface area contributed by atoms with Crippen LogP contribution in [0.2, 0.25) is 5.02 Å². The van der Waals surface area contributed by atoms with Gasteiger partial charge in [-0.3, -0.25) is 4.79 Å². The van der Waals surface area contributed by atoms with Gasteiger partial charge in [-0.15, -0.1) is 0 Å². The quantitative estimate of drug-likeness (QED) is 0.529. The molecule has 2 rings (SSSR count). The first-order valence-corrected chi connectivity index (χ1v) is 8.48. The average molecular weight is 341 g/mol. The van der Waals surface area contributed by atoms with Crippen LogP contribution in [0.5, 0.6) is 5.75 Å². The monoisotopic (exact) mass is 340 g/mol. The van der Waals surface area contributed by atoms with E-state index in [0.717, 1.165) is 37.7 Å². The number of esters is 1. The summed E-state index contributed by atoms with van der Waals surface area (Å²) in [4.78, 5) is 12.2. The number of methoxy groups -OCH3 is 2. The van der Waals surface area contributed by atoms with Crippen molar-refractivity contribution in [3.05, 3.63) is 28.8 Å². The van der Waals surface area contributed by atoms with Crippen molar-refractivity contribution in [3.63, 3.8) is 0 Å². The first kappa shape index (κ1) is 18.1. The second-order valence-corrected chi connectivity index (χ2v) is 6.52. The molecule has 0 aromatic heterocycles.